The molecule has 0 aliphatic heterocycles. The standard InChI is InChI=1S/2C4H10O2.4C3H9Si.2Yb/c2*1-5-3-4-6-2;4*1-4(2)3;;/h2*3-4H2,1-2H3;4*1-3H3;;. The van der Waals surface area contributed by atoms with Crippen molar-refractivity contribution in [2.24, 2.45) is 0 Å². The molecule has 30 heavy (non-hydrogen) atoms. The van der Waals surface area contributed by atoms with Gasteiger partial charge in [0.2, 0.25) is 0 Å². The minimum Gasteiger partial charge on any atom is -0.382 e. The van der Waals surface area contributed by atoms with E-state index in [2.05, 4.69) is 97.5 Å². The largest absolute Gasteiger partial charge is 0.382 e. The van der Waals surface area contributed by atoms with E-state index in [1.165, 1.54) is 0 Å². The van der Waals surface area contributed by atoms with Crippen LogP contribution >= 0.6 is 0 Å². The van der Waals surface area contributed by atoms with Crippen LogP contribution in [0.4, 0.5) is 0 Å². The molecule has 10 heteroatoms. The van der Waals surface area contributed by atoms with E-state index < -0.39 is 0 Å². The Kier molecular flexibility index (Phi) is 107. The van der Waals surface area contributed by atoms with E-state index >= 15 is 0 Å². The van der Waals surface area contributed by atoms with Gasteiger partial charge in [-0.15, -0.1) is 0 Å². The van der Waals surface area contributed by atoms with Gasteiger partial charge in [-0.1, -0.05) is 78.6 Å². The third-order valence-corrected chi connectivity index (χ3v) is 0.983. The Morgan fingerprint density at radius 1 is 0.333 bits per heavy atom. The Morgan fingerprint density at radius 3 is 0.433 bits per heavy atom. The first-order chi connectivity index (χ1) is 12.8. The zero-order valence-corrected chi connectivity index (χ0v) is 30.4. The number of rotatable bonds is 6. The Balaban J connectivity index is -0.0000000322. The van der Waals surface area contributed by atoms with Crippen LogP contribution < -0.4 is 0 Å². The molecule has 0 rings (SSSR count). The van der Waals surface area contributed by atoms with Crippen LogP contribution in [-0.2, 0) is 18.9 Å². The maximum Gasteiger partial charge on any atom is 0.0696 e. The zero-order chi connectivity index (χ0) is 24.0. The molecule has 0 heterocycles. The molecule has 0 aromatic carbocycles. The first-order valence-electron chi connectivity index (χ1n) is 9.79. The van der Waals surface area contributed by atoms with Gasteiger partial charge < -0.3 is 18.9 Å². The molecule has 0 saturated heterocycles. The minimum atomic E-state index is 0. The molecule has 0 N–H and O–H groups in total. The topological polar surface area (TPSA) is 36.9 Å². The number of ether oxygens (including phenoxy) is 4. The van der Waals surface area contributed by atoms with Crippen LogP contribution in [0.2, 0.25) is 78.6 Å². The molecule has 0 aliphatic carbocycles. The van der Waals surface area contributed by atoms with Crippen LogP contribution in [0.1, 0.15) is 0 Å². The van der Waals surface area contributed by atoms with E-state index in [0.29, 0.717) is 26.4 Å². The molecule has 0 saturated carbocycles. The third-order valence-electron chi connectivity index (χ3n) is 0.983. The van der Waals surface area contributed by atoms with Crippen molar-refractivity contribution in [1.82, 2.24) is 0 Å². The van der Waals surface area contributed by atoms with Crippen molar-refractivity contribution in [3.8, 4) is 0 Å². The van der Waals surface area contributed by atoms with Crippen LogP contribution in [0, 0.1) is 93.8 Å². The summed E-state index contributed by atoms with van der Waals surface area (Å²) in [5.41, 5.74) is 0. The van der Waals surface area contributed by atoms with Crippen LogP contribution in [0.15, 0.2) is 0 Å². The third kappa shape index (κ3) is 316. The van der Waals surface area contributed by atoms with Crippen molar-refractivity contribution in [2.75, 3.05) is 54.9 Å². The van der Waals surface area contributed by atoms with E-state index in [0.717, 1.165) is 0 Å². The van der Waals surface area contributed by atoms with Gasteiger partial charge >= 0.3 is 0 Å². The molecule has 204 valence electrons. The van der Waals surface area contributed by atoms with Gasteiger partial charge in [0.1, 0.15) is 0 Å². The molecule has 0 atom stereocenters. The van der Waals surface area contributed by atoms with Crippen LogP contribution in [-0.4, -0.2) is 90.1 Å². The molecule has 0 amide bonds. The molecule has 4 radical (unpaired) electrons. The number of hydrogen-bond donors (Lipinski definition) is 0. The summed E-state index contributed by atoms with van der Waals surface area (Å²) < 4.78 is 18.6. The maximum absolute atomic E-state index is 4.66. The van der Waals surface area contributed by atoms with Crippen molar-refractivity contribution in [3.05, 3.63) is 0 Å². The van der Waals surface area contributed by atoms with Crippen LogP contribution in [0.3, 0.4) is 0 Å². The van der Waals surface area contributed by atoms with Gasteiger partial charge in [-0.3, -0.25) is 0 Å². The predicted molar refractivity (Wildman–Crippen MR) is 141 cm³/mol. The second-order valence-electron chi connectivity index (χ2n) is 7.97. The summed E-state index contributed by atoms with van der Waals surface area (Å²) in [6.07, 6.45) is 0. The minimum absolute atomic E-state index is 0. The molecule has 0 spiro atoms. The average Bonchev–Trinajstić information content (AvgIpc) is 2.49. The summed E-state index contributed by atoms with van der Waals surface area (Å²) in [5, 5.41) is 0. The van der Waals surface area contributed by atoms with Gasteiger partial charge in [-0.25, -0.2) is 0 Å². The smallest absolute Gasteiger partial charge is 0.0696 e. The number of methoxy groups -OCH3 is 4. The van der Waals surface area contributed by atoms with Gasteiger partial charge in [0.25, 0.3) is 0 Å². The van der Waals surface area contributed by atoms with Gasteiger partial charge in [0.15, 0.2) is 0 Å². The molecule has 0 aromatic heterocycles. The van der Waals surface area contributed by atoms with Crippen molar-refractivity contribution >= 4 is 35.2 Å². The van der Waals surface area contributed by atoms with E-state index in [-0.39, 0.29) is 129 Å². The van der Waals surface area contributed by atoms with E-state index in [1.807, 2.05) is 0 Å². The van der Waals surface area contributed by atoms with Crippen LogP contribution in [0.5, 0.6) is 0 Å². The predicted octanol–water partition coefficient (Wildman–Crippen LogP) is 6.04. The van der Waals surface area contributed by atoms with Crippen molar-refractivity contribution in [1.29, 1.82) is 0 Å². The van der Waals surface area contributed by atoms with E-state index in [4.69, 9.17) is 0 Å². The second kappa shape index (κ2) is 58.5. The molecular formula is C20H56O4Si4Yb2. The Hall–Kier alpha value is 3.75. The van der Waals surface area contributed by atoms with Crippen LogP contribution in [0.25, 0.3) is 0 Å². The zero-order valence-electron chi connectivity index (χ0n) is 23.0. The van der Waals surface area contributed by atoms with Crippen molar-refractivity contribution < 1.29 is 113 Å². The summed E-state index contributed by atoms with van der Waals surface area (Å²) >= 11 is 0. The fourth-order valence-corrected chi connectivity index (χ4v) is 0.333. The summed E-state index contributed by atoms with van der Waals surface area (Å²) in [5.74, 6) is 0. The molecular weight excluding hydrogens is 763 g/mol. The Bertz CT molecular complexity index is 157. The summed E-state index contributed by atoms with van der Waals surface area (Å²) in [6, 6.07) is 0. The van der Waals surface area contributed by atoms with E-state index in [1.54, 1.807) is 28.4 Å². The number of hydrogen-bond acceptors (Lipinski definition) is 4. The van der Waals surface area contributed by atoms with Gasteiger partial charge in [-0.2, -0.15) is 0 Å². The first kappa shape index (κ1) is 54.6. The monoisotopic (exact) mass is 820 g/mol. The van der Waals surface area contributed by atoms with Crippen molar-refractivity contribution in [3.63, 3.8) is 0 Å². The molecule has 0 bridgehead atoms. The molecule has 0 fully saturated rings. The van der Waals surface area contributed by atoms with Gasteiger partial charge in [-0.05, 0) is 0 Å². The molecule has 0 unspecified atom stereocenters. The fourth-order valence-electron chi connectivity index (χ4n) is 0.333. The normalized spacial score (nSPS) is 8.40. The SMILES string of the molecule is COCCOC.COCCOC.C[Si](C)C.C[Si](C)C.C[Si](C)C.C[Si](C)C.[Yb].[Yb]. The first-order valence-corrected chi connectivity index (χ1v) is 21.8. The van der Waals surface area contributed by atoms with E-state index in [9.17, 15) is 0 Å². The van der Waals surface area contributed by atoms with Crippen molar-refractivity contribution in [2.45, 2.75) is 78.6 Å². The molecule has 4 nitrogen and oxygen atoms in total. The summed E-state index contributed by atoms with van der Waals surface area (Å²) in [4.78, 5) is 0. The maximum atomic E-state index is 4.66. The Morgan fingerprint density at radius 2 is 0.400 bits per heavy atom. The Labute approximate surface area is 277 Å². The second-order valence-corrected chi connectivity index (χ2v) is 20.0. The summed E-state index contributed by atoms with van der Waals surface area (Å²) in [7, 11) is 7.09. The fraction of sp³-hybridized carbons (Fsp3) is 1.00. The summed E-state index contributed by atoms with van der Waals surface area (Å²) in [6.45, 7) is 30.0. The van der Waals surface area contributed by atoms with Gasteiger partial charge in [0, 0.05) is 157 Å². The molecule has 0 aromatic rings. The molecule has 0 aliphatic rings. The average molecular weight is 819 g/mol. The quantitative estimate of drug-likeness (QED) is 0.242. The van der Waals surface area contributed by atoms with Gasteiger partial charge in [0.05, 0.1) is 26.4 Å².